The zero-order valence-corrected chi connectivity index (χ0v) is 9.98. The Labute approximate surface area is 105 Å². The fourth-order valence-electron chi connectivity index (χ4n) is 2.45. The Kier molecular flexibility index (Phi) is 2.51. The van der Waals surface area contributed by atoms with Crippen LogP contribution >= 0.6 is 0 Å². The molecule has 0 amide bonds. The first-order valence-electron chi connectivity index (χ1n) is 6.15. The molecule has 4 heteroatoms. The Morgan fingerprint density at radius 3 is 2.83 bits per heavy atom. The van der Waals surface area contributed by atoms with E-state index in [2.05, 4.69) is 5.32 Å². The number of benzene rings is 1. The van der Waals surface area contributed by atoms with Crippen molar-refractivity contribution in [1.29, 1.82) is 0 Å². The molecule has 1 aliphatic carbocycles. The highest BCUT2D eigenvalue weighted by molar-refractivity contribution is 5.90. The summed E-state index contributed by atoms with van der Waals surface area (Å²) in [5.41, 5.74) is 1.11. The third-order valence-corrected chi connectivity index (χ3v) is 3.86. The summed E-state index contributed by atoms with van der Waals surface area (Å²) < 4.78 is 5.42. The Balaban J connectivity index is 1.79. The summed E-state index contributed by atoms with van der Waals surface area (Å²) in [6, 6.07) is 7.73. The van der Waals surface area contributed by atoms with Crippen LogP contribution in [0.5, 0.6) is 0 Å². The Morgan fingerprint density at radius 1 is 1.39 bits per heavy atom. The number of furan rings is 1. The van der Waals surface area contributed by atoms with E-state index in [0.717, 1.165) is 35.9 Å². The van der Waals surface area contributed by atoms with E-state index in [1.807, 2.05) is 24.3 Å². The average molecular weight is 245 g/mol. The lowest BCUT2D eigenvalue weighted by atomic mass is 9.69. The van der Waals surface area contributed by atoms with Gasteiger partial charge in [0.15, 0.2) is 0 Å². The summed E-state index contributed by atoms with van der Waals surface area (Å²) in [5.74, 6) is -0.700. The van der Waals surface area contributed by atoms with E-state index in [9.17, 15) is 9.90 Å². The second-order valence-corrected chi connectivity index (χ2v) is 4.94. The van der Waals surface area contributed by atoms with Gasteiger partial charge in [-0.2, -0.15) is 0 Å². The van der Waals surface area contributed by atoms with Gasteiger partial charge in [-0.15, -0.1) is 0 Å². The Bertz CT molecular complexity index is 583. The summed E-state index contributed by atoms with van der Waals surface area (Å²) in [5, 5.41) is 13.5. The van der Waals surface area contributed by atoms with Crippen LogP contribution in [0.1, 0.15) is 19.3 Å². The molecule has 2 N–H and O–H groups in total. The first kappa shape index (κ1) is 11.1. The molecule has 4 nitrogen and oxygen atoms in total. The minimum absolute atomic E-state index is 0.464. The minimum Gasteiger partial charge on any atom is -0.481 e. The van der Waals surface area contributed by atoms with Crippen LogP contribution < -0.4 is 5.32 Å². The maximum Gasteiger partial charge on any atom is 0.311 e. The molecule has 1 fully saturated rings. The predicted octanol–water partition coefficient (Wildman–Crippen LogP) is 3.10. The van der Waals surface area contributed by atoms with Gasteiger partial charge in [0.2, 0.25) is 0 Å². The van der Waals surface area contributed by atoms with Gasteiger partial charge in [0.25, 0.3) is 0 Å². The van der Waals surface area contributed by atoms with Crippen molar-refractivity contribution in [2.45, 2.75) is 19.3 Å². The van der Waals surface area contributed by atoms with Gasteiger partial charge in [-0.1, -0.05) is 18.6 Å². The molecule has 1 saturated carbocycles. The van der Waals surface area contributed by atoms with Gasteiger partial charge in [0.05, 0.1) is 11.1 Å². The molecule has 0 bridgehead atoms. The maximum absolute atomic E-state index is 11.3. The van der Waals surface area contributed by atoms with Crippen LogP contribution in [-0.2, 0) is 4.79 Å². The summed E-state index contributed by atoms with van der Waals surface area (Å²) >= 11 is 0. The van der Waals surface area contributed by atoms with Crippen LogP contribution in [0, 0.1) is 5.41 Å². The number of fused-ring (bicyclic) bond motifs is 1. The molecule has 1 aromatic carbocycles. The van der Waals surface area contributed by atoms with E-state index in [1.54, 1.807) is 6.26 Å². The molecule has 18 heavy (non-hydrogen) atoms. The van der Waals surface area contributed by atoms with Gasteiger partial charge >= 0.3 is 5.97 Å². The quantitative estimate of drug-likeness (QED) is 0.868. The first-order valence-corrected chi connectivity index (χ1v) is 6.15. The average Bonchev–Trinajstić information content (AvgIpc) is 2.71. The second-order valence-electron chi connectivity index (χ2n) is 4.94. The monoisotopic (exact) mass is 245 g/mol. The van der Waals surface area contributed by atoms with Crippen LogP contribution in [0.15, 0.2) is 34.9 Å². The molecule has 0 spiro atoms. The lowest BCUT2D eigenvalue weighted by molar-refractivity contribution is -0.153. The van der Waals surface area contributed by atoms with Crippen LogP contribution in [0.3, 0.4) is 0 Å². The third kappa shape index (κ3) is 1.65. The van der Waals surface area contributed by atoms with Crippen molar-refractivity contribution in [3.63, 3.8) is 0 Å². The summed E-state index contributed by atoms with van der Waals surface area (Å²) in [7, 11) is 0. The van der Waals surface area contributed by atoms with Gasteiger partial charge in [-0.05, 0) is 25.0 Å². The van der Waals surface area contributed by atoms with E-state index < -0.39 is 11.4 Å². The van der Waals surface area contributed by atoms with Crippen LogP contribution in [0.4, 0.5) is 5.69 Å². The molecular formula is C14H15NO3. The third-order valence-electron chi connectivity index (χ3n) is 3.86. The van der Waals surface area contributed by atoms with Crippen molar-refractivity contribution in [1.82, 2.24) is 0 Å². The molecule has 0 unspecified atom stereocenters. The lowest BCUT2D eigenvalue weighted by Gasteiger charge is -2.37. The molecule has 3 rings (SSSR count). The van der Waals surface area contributed by atoms with Gasteiger partial charge in [0, 0.05) is 11.9 Å². The first-order chi connectivity index (χ1) is 8.71. The van der Waals surface area contributed by atoms with Gasteiger partial charge in [0.1, 0.15) is 11.8 Å². The highest BCUT2D eigenvalue weighted by atomic mass is 16.4. The number of hydrogen-bond acceptors (Lipinski definition) is 3. The topological polar surface area (TPSA) is 62.5 Å². The number of carbonyl (C=O) groups is 1. The zero-order valence-electron chi connectivity index (χ0n) is 9.98. The maximum atomic E-state index is 11.3. The second kappa shape index (κ2) is 4.05. The molecule has 1 aliphatic rings. The number of carboxylic acid groups (broad SMARTS) is 1. The SMILES string of the molecule is O=C(O)C1(CNc2coc3ccccc23)CCC1. The van der Waals surface area contributed by atoms with E-state index in [4.69, 9.17) is 4.42 Å². The Morgan fingerprint density at radius 2 is 2.17 bits per heavy atom. The number of hydrogen-bond donors (Lipinski definition) is 2. The normalized spacial score (nSPS) is 17.3. The molecule has 0 radical (unpaired) electrons. The fourth-order valence-corrected chi connectivity index (χ4v) is 2.45. The number of nitrogens with one attached hydrogen (secondary N) is 1. The Hall–Kier alpha value is -1.97. The predicted molar refractivity (Wildman–Crippen MR) is 68.6 cm³/mol. The lowest BCUT2D eigenvalue weighted by Crippen LogP contribution is -2.43. The molecule has 0 aliphatic heterocycles. The van der Waals surface area contributed by atoms with Crippen molar-refractivity contribution in [3.05, 3.63) is 30.5 Å². The standard InChI is InChI=1S/C14H15NO3/c16-13(17)14(6-3-7-14)9-15-11-8-18-12-5-2-1-4-10(11)12/h1-2,4-5,8,15H,3,6-7,9H2,(H,16,17). The van der Waals surface area contributed by atoms with Crippen molar-refractivity contribution in [2.75, 3.05) is 11.9 Å². The van der Waals surface area contributed by atoms with Crippen molar-refractivity contribution >= 4 is 22.6 Å². The van der Waals surface area contributed by atoms with E-state index in [-0.39, 0.29) is 0 Å². The van der Waals surface area contributed by atoms with Gasteiger partial charge in [-0.3, -0.25) is 4.79 Å². The van der Waals surface area contributed by atoms with E-state index in [0.29, 0.717) is 6.54 Å². The number of carboxylic acids is 1. The largest absolute Gasteiger partial charge is 0.481 e. The minimum atomic E-state index is -0.700. The molecule has 94 valence electrons. The van der Waals surface area contributed by atoms with Crippen molar-refractivity contribution in [3.8, 4) is 0 Å². The number of para-hydroxylation sites is 1. The number of rotatable bonds is 4. The van der Waals surface area contributed by atoms with Crippen molar-refractivity contribution in [2.24, 2.45) is 5.41 Å². The highest BCUT2D eigenvalue weighted by Crippen LogP contribution is 2.41. The summed E-state index contributed by atoms with van der Waals surface area (Å²) in [6.07, 6.45) is 4.16. The number of anilines is 1. The fraction of sp³-hybridized carbons (Fsp3) is 0.357. The summed E-state index contributed by atoms with van der Waals surface area (Å²) in [4.78, 5) is 11.3. The molecule has 1 aromatic heterocycles. The van der Waals surface area contributed by atoms with Gasteiger partial charge in [-0.25, -0.2) is 0 Å². The smallest absolute Gasteiger partial charge is 0.311 e. The highest BCUT2D eigenvalue weighted by Gasteiger charge is 2.44. The zero-order chi connectivity index (χ0) is 12.6. The molecular weight excluding hydrogens is 230 g/mol. The summed E-state index contributed by atoms with van der Waals surface area (Å²) in [6.45, 7) is 0.464. The van der Waals surface area contributed by atoms with Gasteiger partial charge < -0.3 is 14.8 Å². The van der Waals surface area contributed by atoms with Crippen LogP contribution in [-0.4, -0.2) is 17.6 Å². The van der Waals surface area contributed by atoms with E-state index >= 15 is 0 Å². The molecule has 0 atom stereocenters. The van der Waals surface area contributed by atoms with Crippen LogP contribution in [0.25, 0.3) is 11.0 Å². The number of aliphatic carboxylic acids is 1. The molecule has 0 saturated heterocycles. The van der Waals surface area contributed by atoms with Crippen LogP contribution in [0.2, 0.25) is 0 Å². The molecule has 1 heterocycles. The molecule has 2 aromatic rings. The van der Waals surface area contributed by atoms with E-state index in [1.165, 1.54) is 0 Å². The van der Waals surface area contributed by atoms with Crippen molar-refractivity contribution < 1.29 is 14.3 Å².